The van der Waals surface area contributed by atoms with Crippen LogP contribution in [0.4, 0.5) is 0 Å². The third-order valence-electron chi connectivity index (χ3n) is 4.88. The fraction of sp³-hybridized carbons (Fsp3) is 0.250. The molecule has 0 saturated carbocycles. The van der Waals surface area contributed by atoms with Crippen LogP contribution in [0.5, 0.6) is 0 Å². The molecule has 1 aliphatic rings. The molecule has 1 saturated heterocycles. The topological polar surface area (TPSA) is 95.4 Å². The third-order valence-corrected chi connectivity index (χ3v) is 4.88. The van der Waals surface area contributed by atoms with Crippen molar-refractivity contribution in [1.29, 1.82) is 0 Å². The highest BCUT2D eigenvalue weighted by molar-refractivity contribution is 6.06. The molecule has 0 radical (unpaired) electrons. The lowest BCUT2D eigenvalue weighted by Crippen LogP contribution is -2.46. The van der Waals surface area contributed by atoms with Crippen LogP contribution in [-0.4, -0.2) is 40.8 Å². The van der Waals surface area contributed by atoms with Crippen LogP contribution in [0.2, 0.25) is 0 Å². The Morgan fingerprint density at radius 3 is 2.67 bits per heavy atom. The number of nitrogens with zero attached hydrogens (tertiary/aromatic N) is 1. The molecule has 0 atom stereocenters. The molecular weight excluding hydrogens is 346 g/mol. The molecule has 2 N–H and O–H groups in total. The molecule has 0 unspecified atom stereocenters. The van der Waals surface area contributed by atoms with Crippen molar-refractivity contribution in [1.82, 2.24) is 15.2 Å². The van der Waals surface area contributed by atoms with Gasteiger partial charge in [0.2, 0.25) is 5.56 Å². The van der Waals surface area contributed by atoms with Crippen molar-refractivity contribution >= 4 is 22.7 Å². The minimum Gasteiger partial charge on any atom is -0.472 e. The van der Waals surface area contributed by atoms with E-state index in [0.29, 0.717) is 48.0 Å². The number of likely N-dealkylation sites (tertiary alicyclic amines) is 1. The Bertz CT molecular complexity index is 1030. The van der Waals surface area contributed by atoms with Crippen molar-refractivity contribution in [3.63, 3.8) is 0 Å². The summed E-state index contributed by atoms with van der Waals surface area (Å²) in [5, 5.41) is 3.71. The molecule has 27 heavy (non-hydrogen) atoms. The first-order chi connectivity index (χ1) is 13.1. The second-order valence-corrected chi connectivity index (χ2v) is 6.64. The second-order valence-electron chi connectivity index (χ2n) is 6.64. The van der Waals surface area contributed by atoms with Crippen LogP contribution in [0.25, 0.3) is 10.9 Å². The standard InChI is InChI=1S/C20H19N3O4/c24-18-11-16(15-3-1-2-4-17(15)22-18)19(25)21-14-5-8-23(9-6-14)20(26)13-7-10-27-12-13/h1-4,7,10-12,14H,5-6,8-9H2,(H,21,25)(H,22,24). The number of benzene rings is 1. The second kappa shape index (κ2) is 7.11. The number of furan rings is 1. The number of carbonyl (C=O) groups is 2. The summed E-state index contributed by atoms with van der Waals surface area (Å²) in [7, 11) is 0. The molecule has 0 spiro atoms. The summed E-state index contributed by atoms with van der Waals surface area (Å²) < 4.78 is 4.96. The molecule has 138 valence electrons. The minimum atomic E-state index is -0.306. The molecule has 3 heterocycles. The number of amides is 2. The van der Waals surface area contributed by atoms with Gasteiger partial charge in [0, 0.05) is 36.1 Å². The van der Waals surface area contributed by atoms with Crippen LogP contribution < -0.4 is 10.9 Å². The lowest BCUT2D eigenvalue weighted by Gasteiger charge is -2.32. The number of fused-ring (bicyclic) bond motifs is 1. The molecule has 2 amide bonds. The van der Waals surface area contributed by atoms with E-state index in [1.807, 2.05) is 18.2 Å². The van der Waals surface area contributed by atoms with Crippen molar-refractivity contribution in [3.8, 4) is 0 Å². The lowest BCUT2D eigenvalue weighted by molar-refractivity contribution is 0.0697. The van der Waals surface area contributed by atoms with Crippen molar-refractivity contribution in [2.24, 2.45) is 0 Å². The molecule has 1 aliphatic heterocycles. The zero-order chi connectivity index (χ0) is 18.8. The first-order valence-electron chi connectivity index (χ1n) is 8.86. The number of aromatic amines is 1. The van der Waals surface area contributed by atoms with E-state index in [-0.39, 0.29) is 23.4 Å². The highest BCUT2D eigenvalue weighted by Crippen LogP contribution is 2.17. The smallest absolute Gasteiger partial charge is 0.257 e. The predicted molar refractivity (Wildman–Crippen MR) is 99.7 cm³/mol. The fourth-order valence-electron chi connectivity index (χ4n) is 3.45. The largest absolute Gasteiger partial charge is 0.472 e. The summed E-state index contributed by atoms with van der Waals surface area (Å²) in [6.45, 7) is 1.12. The normalized spacial score (nSPS) is 15.0. The Hall–Kier alpha value is -3.35. The Morgan fingerprint density at radius 1 is 1.15 bits per heavy atom. The predicted octanol–water partition coefficient (Wildman–Crippen LogP) is 2.16. The van der Waals surface area contributed by atoms with Crippen molar-refractivity contribution in [2.45, 2.75) is 18.9 Å². The van der Waals surface area contributed by atoms with Gasteiger partial charge in [-0.15, -0.1) is 0 Å². The maximum absolute atomic E-state index is 12.7. The number of piperidine rings is 1. The molecule has 4 rings (SSSR count). The van der Waals surface area contributed by atoms with Gasteiger partial charge in [-0.05, 0) is 25.0 Å². The molecule has 0 bridgehead atoms. The minimum absolute atomic E-state index is 0.0380. The van der Waals surface area contributed by atoms with Crippen molar-refractivity contribution < 1.29 is 14.0 Å². The molecule has 1 fully saturated rings. The van der Waals surface area contributed by atoms with Gasteiger partial charge >= 0.3 is 0 Å². The molecule has 7 nitrogen and oxygen atoms in total. The third kappa shape index (κ3) is 3.48. The molecular formula is C20H19N3O4. The maximum atomic E-state index is 12.7. The van der Waals surface area contributed by atoms with Crippen molar-refractivity contribution in [2.75, 3.05) is 13.1 Å². The van der Waals surface area contributed by atoms with Crippen LogP contribution in [0, 0.1) is 0 Å². The van der Waals surface area contributed by atoms with Gasteiger partial charge in [0.05, 0.1) is 17.4 Å². The zero-order valence-electron chi connectivity index (χ0n) is 14.6. The summed E-state index contributed by atoms with van der Waals surface area (Å²) in [6, 6.07) is 10.2. The van der Waals surface area contributed by atoms with E-state index >= 15 is 0 Å². The van der Waals surface area contributed by atoms with Crippen LogP contribution in [-0.2, 0) is 0 Å². The van der Waals surface area contributed by atoms with E-state index in [0.717, 1.165) is 0 Å². The van der Waals surface area contributed by atoms with Gasteiger partial charge in [0.25, 0.3) is 11.8 Å². The number of aromatic nitrogens is 1. The van der Waals surface area contributed by atoms with Crippen LogP contribution in [0.1, 0.15) is 33.6 Å². The van der Waals surface area contributed by atoms with Crippen LogP contribution in [0.3, 0.4) is 0 Å². The van der Waals surface area contributed by atoms with E-state index in [2.05, 4.69) is 10.3 Å². The first-order valence-corrected chi connectivity index (χ1v) is 8.86. The molecule has 3 aromatic rings. The summed E-state index contributed by atoms with van der Waals surface area (Å²) in [4.78, 5) is 41.4. The van der Waals surface area contributed by atoms with Crippen LogP contribution >= 0.6 is 0 Å². The molecule has 2 aromatic heterocycles. The SMILES string of the molecule is O=C(NC1CCN(C(=O)c2ccoc2)CC1)c1cc(=O)[nH]c2ccccc12. The summed E-state index contributed by atoms with van der Waals surface area (Å²) in [5.74, 6) is -0.328. The van der Waals surface area contributed by atoms with Gasteiger partial charge in [-0.2, -0.15) is 0 Å². The highest BCUT2D eigenvalue weighted by Gasteiger charge is 2.25. The Kier molecular flexibility index (Phi) is 4.50. The van der Waals surface area contributed by atoms with Gasteiger partial charge in [0.15, 0.2) is 0 Å². The summed E-state index contributed by atoms with van der Waals surface area (Å²) in [5.41, 5.74) is 1.23. The van der Waals surface area contributed by atoms with E-state index in [1.54, 1.807) is 17.0 Å². The summed E-state index contributed by atoms with van der Waals surface area (Å²) in [6.07, 6.45) is 4.24. The van der Waals surface area contributed by atoms with E-state index < -0.39 is 0 Å². The van der Waals surface area contributed by atoms with Gasteiger partial charge in [-0.25, -0.2) is 0 Å². The van der Waals surface area contributed by atoms with Crippen LogP contribution in [0.15, 0.2) is 58.1 Å². The number of carbonyl (C=O) groups excluding carboxylic acids is 2. The number of H-pyrrole nitrogens is 1. The first kappa shape index (κ1) is 17.1. The molecule has 0 aliphatic carbocycles. The average Bonchev–Trinajstić information content (AvgIpc) is 3.22. The molecule has 7 heteroatoms. The van der Waals surface area contributed by atoms with Gasteiger partial charge < -0.3 is 19.6 Å². The lowest BCUT2D eigenvalue weighted by atomic mass is 10.0. The average molecular weight is 365 g/mol. The number of rotatable bonds is 3. The number of pyridine rings is 1. The number of hydrogen-bond acceptors (Lipinski definition) is 4. The quantitative estimate of drug-likeness (QED) is 0.743. The van der Waals surface area contributed by atoms with Gasteiger partial charge in [-0.3, -0.25) is 14.4 Å². The Balaban J connectivity index is 1.43. The number of nitrogens with one attached hydrogen (secondary N) is 2. The zero-order valence-corrected chi connectivity index (χ0v) is 14.6. The monoisotopic (exact) mass is 365 g/mol. The van der Waals surface area contributed by atoms with Gasteiger partial charge in [-0.1, -0.05) is 18.2 Å². The fourth-order valence-corrected chi connectivity index (χ4v) is 3.45. The van der Waals surface area contributed by atoms with E-state index in [4.69, 9.17) is 4.42 Å². The van der Waals surface area contributed by atoms with E-state index in [9.17, 15) is 14.4 Å². The summed E-state index contributed by atoms with van der Waals surface area (Å²) >= 11 is 0. The van der Waals surface area contributed by atoms with Gasteiger partial charge in [0.1, 0.15) is 6.26 Å². The Morgan fingerprint density at radius 2 is 1.93 bits per heavy atom. The number of para-hydroxylation sites is 1. The number of hydrogen-bond donors (Lipinski definition) is 2. The maximum Gasteiger partial charge on any atom is 0.257 e. The molecule has 1 aromatic carbocycles. The highest BCUT2D eigenvalue weighted by atomic mass is 16.3. The van der Waals surface area contributed by atoms with Crippen molar-refractivity contribution in [3.05, 3.63) is 70.4 Å². The Labute approximate surface area is 155 Å². The van der Waals surface area contributed by atoms with E-state index in [1.165, 1.54) is 18.6 Å².